The molecule has 0 bridgehead atoms. The zero-order valence-electron chi connectivity index (χ0n) is 11.0. The van der Waals surface area contributed by atoms with E-state index in [0.29, 0.717) is 5.82 Å². The first-order valence-electron chi connectivity index (χ1n) is 6.02. The summed E-state index contributed by atoms with van der Waals surface area (Å²) in [4.78, 5) is 0. The van der Waals surface area contributed by atoms with E-state index in [1.165, 1.54) is 11.6 Å². The number of halogens is 2. The lowest BCUT2D eigenvalue weighted by molar-refractivity contribution is 0.535. The van der Waals surface area contributed by atoms with Gasteiger partial charge in [0.2, 0.25) is 0 Å². The van der Waals surface area contributed by atoms with Gasteiger partial charge in [-0.3, -0.25) is 0 Å². The van der Waals surface area contributed by atoms with Crippen LogP contribution in [0.3, 0.4) is 0 Å². The molecule has 19 heavy (non-hydrogen) atoms. The second-order valence-electron chi connectivity index (χ2n) is 4.28. The molecular formula is C12H15F2N5. The van der Waals surface area contributed by atoms with E-state index in [9.17, 15) is 8.78 Å². The summed E-state index contributed by atoms with van der Waals surface area (Å²) < 4.78 is 28.7. The van der Waals surface area contributed by atoms with Crippen molar-refractivity contribution in [3.8, 4) is 5.69 Å². The Bertz CT molecular complexity index is 581. The van der Waals surface area contributed by atoms with Crippen LogP contribution in [-0.2, 0) is 0 Å². The van der Waals surface area contributed by atoms with Crippen LogP contribution in [0.15, 0.2) is 12.1 Å². The molecule has 0 saturated carbocycles. The van der Waals surface area contributed by atoms with Crippen LogP contribution in [0.5, 0.6) is 0 Å². The largest absolute Gasteiger partial charge is 0.308 e. The molecule has 1 unspecified atom stereocenters. The van der Waals surface area contributed by atoms with Crippen LogP contribution in [0.25, 0.3) is 5.69 Å². The molecule has 102 valence electrons. The third-order valence-electron chi connectivity index (χ3n) is 2.85. The second-order valence-corrected chi connectivity index (χ2v) is 4.28. The van der Waals surface area contributed by atoms with E-state index >= 15 is 0 Å². The highest BCUT2D eigenvalue weighted by molar-refractivity contribution is 5.37. The number of nitrogens with zero attached hydrogens (tertiary/aromatic N) is 4. The highest BCUT2D eigenvalue weighted by Crippen LogP contribution is 2.20. The van der Waals surface area contributed by atoms with Gasteiger partial charge in [-0.2, -0.15) is 4.68 Å². The summed E-state index contributed by atoms with van der Waals surface area (Å²) in [7, 11) is 0. The molecule has 7 heteroatoms. The molecule has 0 aliphatic carbocycles. The van der Waals surface area contributed by atoms with E-state index in [2.05, 4.69) is 20.8 Å². The maximum absolute atomic E-state index is 13.9. The maximum atomic E-state index is 13.9. The second kappa shape index (κ2) is 5.40. The Morgan fingerprint density at radius 1 is 1.32 bits per heavy atom. The van der Waals surface area contributed by atoms with Crippen LogP contribution in [0.4, 0.5) is 8.78 Å². The number of tetrazole rings is 1. The lowest BCUT2D eigenvalue weighted by atomic mass is 10.2. The van der Waals surface area contributed by atoms with E-state index in [1.807, 2.05) is 13.8 Å². The van der Waals surface area contributed by atoms with Crippen molar-refractivity contribution in [3.05, 3.63) is 35.2 Å². The lowest BCUT2D eigenvalue weighted by Crippen LogP contribution is -2.22. The molecule has 1 N–H and O–H groups in total. The monoisotopic (exact) mass is 267 g/mol. The van der Waals surface area contributed by atoms with Gasteiger partial charge in [-0.1, -0.05) is 6.92 Å². The van der Waals surface area contributed by atoms with Gasteiger partial charge in [0, 0.05) is 6.07 Å². The van der Waals surface area contributed by atoms with Crippen LogP contribution in [0.1, 0.15) is 31.3 Å². The number of rotatable bonds is 4. The summed E-state index contributed by atoms with van der Waals surface area (Å²) in [5.41, 5.74) is 0.253. The van der Waals surface area contributed by atoms with Gasteiger partial charge in [-0.25, -0.2) is 8.78 Å². The molecule has 1 aromatic heterocycles. The maximum Gasteiger partial charge on any atom is 0.173 e. The van der Waals surface area contributed by atoms with Crippen molar-refractivity contribution in [1.29, 1.82) is 0 Å². The van der Waals surface area contributed by atoms with Crippen molar-refractivity contribution in [3.63, 3.8) is 0 Å². The zero-order valence-corrected chi connectivity index (χ0v) is 11.0. The van der Waals surface area contributed by atoms with Gasteiger partial charge in [0.05, 0.1) is 6.04 Å². The smallest absolute Gasteiger partial charge is 0.173 e. The summed E-state index contributed by atoms with van der Waals surface area (Å²) in [5, 5.41) is 14.2. The average Bonchev–Trinajstić information content (AvgIpc) is 2.83. The number of nitrogens with one attached hydrogen (secondary N) is 1. The molecule has 1 heterocycles. The van der Waals surface area contributed by atoms with Gasteiger partial charge in [-0.05, 0) is 42.4 Å². The van der Waals surface area contributed by atoms with Crippen LogP contribution >= 0.6 is 0 Å². The van der Waals surface area contributed by atoms with E-state index in [0.717, 1.165) is 18.7 Å². The van der Waals surface area contributed by atoms with E-state index in [-0.39, 0.29) is 17.3 Å². The Balaban J connectivity index is 2.48. The Morgan fingerprint density at radius 3 is 2.74 bits per heavy atom. The van der Waals surface area contributed by atoms with E-state index < -0.39 is 11.6 Å². The summed E-state index contributed by atoms with van der Waals surface area (Å²) in [5.74, 6) is -0.617. The Morgan fingerprint density at radius 2 is 2.05 bits per heavy atom. The molecule has 0 fully saturated rings. The predicted octanol–water partition coefficient (Wildman–Crippen LogP) is 1.92. The molecule has 0 aliphatic heterocycles. The molecule has 1 aromatic carbocycles. The number of benzene rings is 1. The molecule has 0 saturated heterocycles. The van der Waals surface area contributed by atoms with Gasteiger partial charge in [-0.15, -0.1) is 5.10 Å². The molecular weight excluding hydrogens is 252 g/mol. The highest BCUT2D eigenvalue weighted by Gasteiger charge is 2.18. The van der Waals surface area contributed by atoms with Crippen LogP contribution in [-0.4, -0.2) is 26.8 Å². The summed E-state index contributed by atoms with van der Waals surface area (Å²) >= 11 is 0. The van der Waals surface area contributed by atoms with Crippen LogP contribution in [0, 0.1) is 18.6 Å². The Kier molecular flexibility index (Phi) is 3.84. The highest BCUT2D eigenvalue weighted by atomic mass is 19.1. The van der Waals surface area contributed by atoms with Crippen molar-refractivity contribution in [1.82, 2.24) is 25.5 Å². The lowest BCUT2D eigenvalue weighted by Gasteiger charge is -2.12. The minimum absolute atomic E-state index is 0.00727. The summed E-state index contributed by atoms with van der Waals surface area (Å²) in [6.45, 7) is 6.02. The Hall–Kier alpha value is -1.89. The molecule has 0 amide bonds. The average molecular weight is 267 g/mol. The summed E-state index contributed by atoms with van der Waals surface area (Å²) in [6.07, 6.45) is 0. The van der Waals surface area contributed by atoms with Crippen molar-refractivity contribution in [2.24, 2.45) is 0 Å². The normalized spacial score (nSPS) is 12.7. The fraction of sp³-hybridized carbons (Fsp3) is 0.417. The third kappa shape index (κ3) is 2.60. The van der Waals surface area contributed by atoms with Crippen molar-refractivity contribution < 1.29 is 8.78 Å². The number of aryl methyl sites for hydroxylation is 1. The van der Waals surface area contributed by atoms with Gasteiger partial charge in [0.1, 0.15) is 17.3 Å². The van der Waals surface area contributed by atoms with E-state index in [4.69, 9.17) is 0 Å². The molecule has 1 atom stereocenters. The molecule has 0 radical (unpaired) electrons. The fourth-order valence-electron chi connectivity index (χ4n) is 1.83. The minimum atomic E-state index is -0.559. The van der Waals surface area contributed by atoms with Crippen molar-refractivity contribution >= 4 is 0 Å². The number of hydrogen-bond acceptors (Lipinski definition) is 4. The van der Waals surface area contributed by atoms with Gasteiger partial charge in [0.15, 0.2) is 5.82 Å². The Labute approximate surface area is 109 Å². The van der Waals surface area contributed by atoms with Crippen molar-refractivity contribution in [2.75, 3.05) is 6.54 Å². The standard InChI is InChI=1S/C12H15F2N5/c1-4-15-8(3)12-16-17-18-19(12)11-6-9(13)7(2)5-10(11)14/h5-6,8,15H,4H2,1-3H3. The van der Waals surface area contributed by atoms with Gasteiger partial charge < -0.3 is 5.32 Å². The van der Waals surface area contributed by atoms with Crippen LogP contribution < -0.4 is 5.32 Å². The molecule has 0 aliphatic rings. The summed E-state index contributed by atoms with van der Waals surface area (Å²) in [6, 6.07) is 2.07. The topological polar surface area (TPSA) is 55.6 Å². The zero-order chi connectivity index (χ0) is 14.0. The third-order valence-corrected chi connectivity index (χ3v) is 2.85. The predicted molar refractivity (Wildman–Crippen MR) is 65.9 cm³/mol. The first kappa shape index (κ1) is 13.5. The van der Waals surface area contributed by atoms with Gasteiger partial charge >= 0.3 is 0 Å². The fourth-order valence-corrected chi connectivity index (χ4v) is 1.83. The minimum Gasteiger partial charge on any atom is -0.308 e. The number of hydrogen-bond donors (Lipinski definition) is 1. The van der Waals surface area contributed by atoms with Crippen molar-refractivity contribution in [2.45, 2.75) is 26.8 Å². The van der Waals surface area contributed by atoms with Gasteiger partial charge in [0.25, 0.3) is 0 Å². The first-order chi connectivity index (χ1) is 9.04. The molecule has 5 nitrogen and oxygen atoms in total. The SMILES string of the molecule is CCNC(C)c1nnnn1-c1cc(F)c(C)cc1F. The molecule has 2 rings (SSSR count). The first-order valence-corrected chi connectivity index (χ1v) is 6.02. The molecule has 2 aromatic rings. The quantitative estimate of drug-likeness (QED) is 0.919. The van der Waals surface area contributed by atoms with Crippen LogP contribution in [0.2, 0.25) is 0 Å². The number of aromatic nitrogens is 4. The molecule has 0 spiro atoms. The van der Waals surface area contributed by atoms with E-state index in [1.54, 1.807) is 0 Å².